The summed E-state index contributed by atoms with van der Waals surface area (Å²) >= 11 is 12.4. The molecule has 0 radical (unpaired) electrons. The van der Waals surface area contributed by atoms with Crippen molar-refractivity contribution in [1.29, 1.82) is 0 Å². The number of nitro groups is 2. The fourth-order valence-corrected chi connectivity index (χ4v) is 4.01. The van der Waals surface area contributed by atoms with Gasteiger partial charge < -0.3 is 0 Å². The highest BCUT2D eigenvalue weighted by Crippen LogP contribution is 2.34. The Morgan fingerprint density at radius 2 is 1.33 bits per heavy atom. The first-order chi connectivity index (χ1) is 15.8. The van der Waals surface area contributed by atoms with Gasteiger partial charge in [0, 0.05) is 27.7 Å². The Hall–Kier alpha value is -4.15. The Bertz CT molecular complexity index is 1570. The normalized spacial score (nSPS) is 11.2. The Labute approximate surface area is 194 Å². The van der Waals surface area contributed by atoms with Gasteiger partial charge in [-0.3, -0.25) is 24.8 Å². The van der Waals surface area contributed by atoms with Crippen LogP contribution in [0.3, 0.4) is 0 Å². The molecule has 0 unspecified atom stereocenters. The standard InChI is InChI=1S/C21H10Cl2N6O4/c22-12-7-13(23)9-14(8-12)27-20(11-5-15(28(30)31)10-16(6-11)29(32)33)26-19-21(27)25-18-4-2-1-3-17(18)24-19/h1-10H. The highest BCUT2D eigenvalue weighted by atomic mass is 35.5. The van der Waals surface area contributed by atoms with Crippen LogP contribution in [0.15, 0.2) is 60.7 Å². The largest absolute Gasteiger partial charge is 0.277 e. The van der Waals surface area contributed by atoms with Crippen molar-refractivity contribution >= 4 is 56.9 Å². The van der Waals surface area contributed by atoms with Gasteiger partial charge in [-0.15, -0.1) is 0 Å². The molecule has 0 atom stereocenters. The number of halogens is 2. The zero-order valence-corrected chi connectivity index (χ0v) is 17.9. The van der Waals surface area contributed by atoms with Crippen LogP contribution in [-0.4, -0.2) is 29.4 Å². The summed E-state index contributed by atoms with van der Waals surface area (Å²) in [4.78, 5) is 35.2. The number of benzene rings is 3. The summed E-state index contributed by atoms with van der Waals surface area (Å²) in [5, 5.41) is 23.5. The lowest BCUT2D eigenvalue weighted by atomic mass is 10.1. The molecular formula is C21H10Cl2N6O4. The Kier molecular flexibility index (Phi) is 4.88. The second kappa shape index (κ2) is 7.76. The number of fused-ring (bicyclic) bond motifs is 2. The number of aromatic nitrogens is 4. The molecule has 0 N–H and O–H groups in total. The van der Waals surface area contributed by atoms with Crippen LogP contribution in [0.2, 0.25) is 10.0 Å². The zero-order valence-electron chi connectivity index (χ0n) is 16.3. The number of hydrogen-bond acceptors (Lipinski definition) is 7. The van der Waals surface area contributed by atoms with Crippen LogP contribution in [0.25, 0.3) is 39.4 Å². The monoisotopic (exact) mass is 480 g/mol. The van der Waals surface area contributed by atoms with Crippen LogP contribution < -0.4 is 0 Å². The minimum atomic E-state index is -0.704. The third kappa shape index (κ3) is 3.71. The van der Waals surface area contributed by atoms with Crippen LogP contribution in [-0.2, 0) is 0 Å². The SMILES string of the molecule is O=[N+]([O-])c1cc(-c2nc3nc4ccccc4nc3n2-c2cc(Cl)cc(Cl)c2)cc([N+](=O)[O-])c1. The summed E-state index contributed by atoms with van der Waals surface area (Å²) in [7, 11) is 0. The van der Waals surface area contributed by atoms with Crippen molar-refractivity contribution in [3.05, 3.63) is 90.9 Å². The molecule has 5 rings (SSSR count). The first kappa shape index (κ1) is 20.7. The molecule has 0 amide bonds. The molecule has 0 fully saturated rings. The molecule has 0 spiro atoms. The predicted octanol–water partition coefficient (Wildman–Crippen LogP) is 5.76. The lowest BCUT2D eigenvalue weighted by molar-refractivity contribution is -0.394. The second-order valence-corrected chi connectivity index (χ2v) is 7.88. The highest BCUT2D eigenvalue weighted by Gasteiger charge is 2.23. The average molecular weight is 481 g/mol. The molecule has 2 heterocycles. The van der Waals surface area contributed by atoms with Crippen LogP contribution in [0.1, 0.15) is 0 Å². The zero-order chi connectivity index (χ0) is 23.3. The molecular weight excluding hydrogens is 471 g/mol. The molecule has 10 nitrogen and oxygen atoms in total. The first-order valence-corrected chi connectivity index (χ1v) is 10.1. The minimum Gasteiger partial charge on any atom is -0.275 e. The maximum Gasteiger partial charge on any atom is 0.277 e. The van der Waals surface area contributed by atoms with Gasteiger partial charge in [0.1, 0.15) is 5.82 Å². The number of nitrogens with zero attached hydrogens (tertiary/aromatic N) is 6. The smallest absolute Gasteiger partial charge is 0.275 e. The number of nitro benzene ring substituents is 2. The van der Waals surface area contributed by atoms with E-state index in [0.29, 0.717) is 32.4 Å². The summed E-state index contributed by atoms with van der Waals surface area (Å²) in [6.45, 7) is 0. The van der Waals surface area contributed by atoms with Crippen molar-refractivity contribution in [2.24, 2.45) is 0 Å². The summed E-state index contributed by atoms with van der Waals surface area (Å²) in [5.41, 5.74) is 1.46. The van der Waals surface area contributed by atoms with Crippen LogP contribution in [0, 0.1) is 20.2 Å². The van der Waals surface area contributed by atoms with E-state index in [4.69, 9.17) is 23.2 Å². The molecule has 0 saturated heterocycles. The van der Waals surface area contributed by atoms with Crippen LogP contribution in [0.4, 0.5) is 11.4 Å². The van der Waals surface area contributed by atoms with E-state index in [9.17, 15) is 20.2 Å². The maximum atomic E-state index is 11.4. The summed E-state index contributed by atoms with van der Waals surface area (Å²) < 4.78 is 1.56. The predicted molar refractivity (Wildman–Crippen MR) is 123 cm³/mol. The number of imidazole rings is 1. The van der Waals surface area contributed by atoms with Gasteiger partial charge in [-0.25, -0.2) is 15.0 Å². The molecule has 33 heavy (non-hydrogen) atoms. The van der Waals surface area contributed by atoms with E-state index in [1.165, 1.54) is 12.1 Å². The summed E-state index contributed by atoms with van der Waals surface area (Å²) in [6.07, 6.45) is 0. The molecule has 162 valence electrons. The van der Waals surface area contributed by atoms with E-state index in [0.717, 1.165) is 6.07 Å². The van der Waals surface area contributed by atoms with Gasteiger partial charge in [0.15, 0.2) is 11.3 Å². The van der Waals surface area contributed by atoms with E-state index >= 15 is 0 Å². The molecule has 12 heteroatoms. The van der Waals surface area contributed by atoms with Gasteiger partial charge in [0.05, 0.1) is 32.6 Å². The molecule has 5 aromatic rings. The van der Waals surface area contributed by atoms with Gasteiger partial charge >= 0.3 is 0 Å². The van der Waals surface area contributed by atoms with Crippen molar-refractivity contribution in [2.75, 3.05) is 0 Å². The third-order valence-electron chi connectivity index (χ3n) is 4.86. The lowest BCUT2D eigenvalue weighted by Crippen LogP contribution is -2.01. The van der Waals surface area contributed by atoms with Gasteiger partial charge in [-0.05, 0) is 30.3 Å². The molecule has 2 aromatic heterocycles. The molecule has 0 aliphatic carbocycles. The number of hydrogen-bond donors (Lipinski definition) is 0. The topological polar surface area (TPSA) is 130 Å². The van der Waals surface area contributed by atoms with Gasteiger partial charge in [0.25, 0.3) is 11.4 Å². The van der Waals surface area contributed by atoms with Crippen molar-refractivity contribution < 1.29 is 9.85 Å². The van der Waals surface area contributed by atoms with E-state index in [1.54, 1.807) is 41.0 Å². The number of non-ortho nitro benzene ring substituents is 2. The fraction of sp³-hybridized carbons (Fsp3) is 0. The van der Waals surface area contributed by atoms with Crippen molar-refractivity contribution in [2.45, 2.75) is 0 Å². The van der Waals surface area contributed by atoms with Crippen LogP contribution >= 0.6 is 23.2 Å². The Balaban J connectivity index is 1.90. The maximum absolute atomic E-state index is 11.4. The second-order valence-electron chi connectivity index (χ2n) is 7.01. The lowest BCUT2D eigenvalue weighted by Gasteiger charge is -2.10. The van der Waals surface area contributed by atoms with E-state index in [1.807, 2.05) is 6.07 Å². The summed E-state index contributed by atoms with van der Waals surface area (Å²) in [5.74, 6) is 0.158. The van der Waals surface area contributed by atoms with Crippen LogP contribution in [0.5, 0.6) is 0 Å². The van der Waals surface area contributed by atoms with Crippen molar-refractivity contribution in [3.8, 4) is 17.1 Å². The quantitative estimate of drug-likeness (QED) is 0.236. The third-order valence-corrected chi connectivity index (χ3v) is 5.29. The highest BCUT2D eigenvalue weighted by molar-refractivity contribution is 6.34. The van der Waals surface area contributed by atoms with Crippen molar-refractivity contribution in [1.82, 2.24) is 19.5 Å². The molecule has 0 aliphatic heterocycles. The van der Waals surface area contributed by atoms with Crippen molar-refractivity contribution in [3.63, 3.8) is 0 Å². The van der Waals surface area contributed by atoms with Gasteiger partial charge in [-0.2, -0.15) is 0 Å². The molecule has 0 bridgehead atoms. The average Bonchev–Trinajstić information content (AvgIpc) is 3.14. The summed E-state index contributed by atoms with van der Waals surface area (Å²) in [6, 6.07) is 15.2. The minimum absolute atomic E-state index is 0.135. The van der Waals surface area contributed by atoms with E-state index in [-0.39, 0.29) is 17.0 Å². The number of para-hydroxylation sites is 2. The molecule has 0 saturated carbocycles. The first-order valence-electron chi connectivity index (χ1n) is 9.36. The Morgan fingerprint density at radius 1 is 0.758 bits per heavy atom. The van der Waals surface area contributed by atoms with Gasteiger partial charge in [0.2, 0.25) is 0 Å². The van der Waals surface area contributed by atoms with E-state index < -0.39 is 21.2 Å². The molecule has 3 aromatic carbocycles. The van der Waals surface area contributed by atoms with E-state index in [2.05, 4.69) is 15.0 Å². The number of rotatable bonds is 4. The molecule has 0 aliphatic rings. The van der Waals surface area contributed by atoms with Gasteiger partial charge in [-0.1, -0.05) is 35.3 Å². The fourth-order valence-electron chi connectivity index (χ4n) is 3.50. The Morgan fingerprint density at radius 3 is 1.91 bits per heavy atom.